The molecule has 0 bridgehead atoms. The highest BCUT2D eigenvalue weighted by atomic mass is 35.5. The fourth-order valence-corrected chi connectivity index (χ4v) is 1.91. The molecule has 1 rings (SSSR count). The lowest BCUT2D eigenvalue weighted by molar-refractivity contribution is -0.122. The van der Waals surface area contributed by atoms with E-state index in [1.54, 1.807) is 6.07 Å². The number of carbonyl (C=O) groups excluding carboxylic acids is 1. The minimum atomic E-state index is -0.865. The minimum Gasteiger partial charge on any atom is -0.495 e. The van der Waals surface area contributed by atoms with Gasteiger partial charge in [0.15, 0.2) is 0 Å². The molecule has 4 nitrogen and oxygen atoms in total. The summed E-state index contributed by atoms with van der Waals surface area (Å²) in [6.07, 6.45) is 0. The van der Waals surface area contributed by atoms with Crippen molar-refractivity contribution in [2.75, 3.05) is 14.2 Å². The number of nitrogens with two attached hydrogens (primary N) is 1. The Balaban J connectivity index is 3.25. The number of hydrogen-bond donors (Lipinski definition) is 2. The molecule has 6 heteroatoms. The van der Waals surface area contributed by atoms with Gasteiger partial charge >= 0.3 is 0 Å². The van der Waals surface area contributed by atoms with Crippen LogP contribution in [0.2, 0.25) is 10.0 Å². The van der Waals surface area contributed by atoms with E-state index < -0.39 is 6.04 Å². The Morgan fingerprint density at radius 2 is 2.12 bits per heavy atom. The van der Waals surface area contributed by atoms with Crippen molar-refractivity contribution in [3.8, 4) is 5.75 Å². The summed E-state index contributed by atoms with van der Waals surface area (Å²) in [6.45, 7) is 0. The molecular weight excluding hydrogens is 251 g/mol. The van der Waals surface area contributed by atoms with Crippen molar-refractivity contribution in [2.24, 2.45) is 5.73 Å². The first-order valence-electron chi connectivity index (χ1n) is 4.51. The molecule has 0 saturated carbocycles. The summed E-state index contributed by atoms with van der Waals surface area (Å²) in [5, 5.41) is 3.17. The predicted octanol–water partition coefficient (Wildman–Crippen LogP) is 1.75. The van der Waals surface area contributed by atoms with Crippen molar-refractivity contribution in [1.82, 2.24) is 5.32 Å². The smallest absolute Gasteiger partial charge is 0.241 e. The molecule has 1 unspecified atom stereocenters. The Morgan fingerprint density at radius 1 is 1.50 bits per heavy atom. The van der Waals surface area contributed by atoms with Gasteiger partial charge in [0.2, 0.25) is 5.91 Å². The second-order valence-corrected chi connectivity index (χ2v) is 3.95. The summed E-state index contributed by atoms with van der Waals surface area (Å²) in [4.78, 5) is 11.4. The molecular formula is C10H12Cl2N2O2. The summed E-state index contributed by atoms with van der Waals surface area (Å²) < 4.78 is 5.10. The SMILES string of the molecule is CNC(=O)C(N)c1cc(Cl)cc(Cl)c1OC. The van der Waals surface area contributed by atoms with Crippen molar-refractivity contribution in [3.63, 3.8) is 0 Å². The van der Waals surface area contributed by atoms with E-state index >= 15 is 0 Å². The standard InChI is InChI=1S/C10H12Cl2N2O2/c1-14-10(15)8(13)6-3-5(11)4-7(12)9(6)16-2/h3-4,8H,13H2,1-2H3,(H,14,15). The van der Waals surface area contributed by atoms with Crippen LogP contribution in [0.15, 0.2) is 12.1 Å². The highest BCUT2D eigenvalue weighted by Gasteiger charge is 2.21. The number of benzene rings is 1. The molecule has 0 spiro atoms. The highest BCUT2D eigenvalue weighted by molar-refractivity contribution is 6.35. The van der Waals surface area contributed by atoms with Gasteiger partial charge in [-0.25, -0.2) is 0 Å². The van der Waals surface area contributed by atoms with E-state index in [1.165, 1.54) is 20.2 Å². The maximum absolute atomic E-state index is 11.4. The number of ether oxygens (including phenoxy) is 1. The van der Waals surface area contributed by atoms with Gasteiger partial charge in [0.25, 0.3) is 0 Å². The minimum absolute atomic E-state index is 0.323. The van der Waals surface area contributed by atoms with Crippen LogP contribution in [0.5, 0.6) is 5.75 Å². The lowest BCUT2D eigenvalue weighted by atomic mass is 10.1. The van der Waals surface area contributed by atoms with Crippen molar-refractivity contribution in [2.45, 2.75) is 6.04 Å². The van der Waals surface area contributed by atoms with E-state index in [0.29, 0.717) is 21.4 Å². The zero-order valence-electron chi connectivity index (χ0n) is 8.88. The van der Waals surface area contributed by atoms with Crippen LogP contribution in [-0.2, 0) is 4.79 Å². The molecule has 0 aliphatic heterocycles. The molecule has 0 radical (unpaired) electrons. The molecule has 16 heavy (non-hydrogen) atoms. The normalized spacial score (nSPS) is 12.1. The molecule has 1 aromatic rings. The Bertz CT molecular complexity index is 410. The van der Waals surface area contributed by atoms with E-state index in [0.717, 1.165) is 0 Å². The molecule has 0 aromatic heterocycles. The van der Waals surface area contributed by atoms with Gasteiger partial charge in [-0.1, -0.05) is 23.2 Å². The van der Waals surface area contributed by atoms with Gasteiger partial charge in [-0.2, -0.15) is 0 Å². The Labute approximate surface area is 104 Å². The van der Waals surface area contributed by atoms with Crippen molar-refractivity contribution >= 4 is 29.1 Å². The van der Waals surface area contributed by atoms with Gasteiger partial charge in [0.05, 0.1) is 12.1 Å². The molecule has 88 valence electrons. The topological polar surface area (TPSA) is 64.4 Å². The zero-order valence-corrected chi connectivity index (χ0v) is 10.4. The van der Waals surface area contributed by atoms with E-state index in [9.17, 15) is 4.79 Å². The second kappa shape index (κ2) is 5.39. The van der Waals surface area contributed by atoms with Crippen LogP contribution in [-0.4, -0.2) is 20.1 Å². The van der Waals surface area contributed by atoms with E-state index in [4.69, 9.17) is 33.7 Å². The average Bonchev–Trinajstić information content (AvgIpc) is 2.26. The van der Waals surface area contributed by atoms with E-state index in [1.807, 2.05) is 0 Å². The summed E-state index contributed by atoms with van der Waals surface area (Å²) >= 11 is 11.8. The van der Waals surface area contributed by atoms with Crippen LogP contribution in [0.25, 0.3) is 0 Å². The van der Waals surface area contributed by atoms with Gasteiger partial charge in [0, 0.05) is 17.6 Å². The van der Waals surface area contributed by atoms with Gasteiger partial charge in [-0.3, -0.25) is 4.79 Å². The van der Waals surface area contributed by atoms with E-state index in [-0.39, 0.29) is 5.91 Å². The van der Waals surface area contributed by atoms with Gasteiger partial charge < -0.3 is 15.8 Å². The zero-order chi connectivity index (χ0) is 12.3. The third-order valence-corrected chi connectivity index (χ3v) is 2.60. The van der Waals surface area contributed by atoms with Crippen LogP contribution in [0.4, 0.5) is 0 Å². The predicted molar refractivity (Wildman–Crippen MR) is 64.0 cm³/mol. The van der Waals surface area contributed by atoms with Gasteiger partial charge in [0.1, 0.15) is 11.8 Å². The number of carbonyl (C=O) groups is 1. The van der Waals surface area contributed by atoms with Crippen LogP contribution in [0, 0.1) is 0 Å². The van der Waals surface area contributed by atoms with Crippen LogP contribution >= 0.6 is 23.2 Å². The van der Waals surface area contributed by atoms with E-state index in [2.05, 4.69) is 5.32 Å². The quantitative estimate of drug-likeness (QED) is 0.873. The summed E-state index contributed by atoms with van der Waals surface area (Å²) in [7, 11) is 2.95. The number of rotatable bonds is 3. The number of amides is 1. The van der Waals surface area contributed by atoms with Crippen LogP contribution < -0.4 is 15.8 Å². The largest absolute Gasteiger partial charge is 0.495 e. The molecule has 0 fully saturated rings. The van der Waals surface area contributed by atoms with Crippen molar-refractivity contribution in [3.05, 3.63) is 27.7 Å². The van der Waals surface area contributed by atoms with Gasteiger partial charge in [-0.05, 0) is 12.1 Å². The first kappa shape index (κ1) is 13.1. The highest BCUT2D eigenvalue weighted by Crippen LogP contribution is 2.35. The molecule has 0 saturated heterocycles. The summed E-state index contributed by atoms with van der Waals surface area (Å²) in [5.74, 6) is 0.0267. The average molecular weight is 263 g/mol. The van der Waals surface area contributed by atoms with Crippen LogP contribution in [0.1, 0.15) is 11.6 Å². The lowest BCUT2D eigenvalue weighted by Crippen LogP contribution is -2.31. The number of nitrogens with one attached hydrogen (secondary N) is 1. The fourth-order valence-electron chi connectivity index (χ4n) is 1.32. The molecule has 0 aliphatic rings. The number of methoxy groups -OCH3 is 1. The third kappa shape index (κ3) is 2.58. The molecule has 0 aliphatic carbocycles. The van der Waals surface area contributed by atoms with Crippen molar-refractivity contribution < 1.29 is 9.53 Å². The molecule has 1 atom stereocenters. The van der Waals surface area contributed by atoms with Crippen molar-refractivity contribution in [1.29, 1.82) is 0 Å². The molecule has 3 N–H and O–H groups in total. The maximum Gasteiger partial charge on any atom is 0.241 e. The third-order valence-electron chi connectivity index (χ3n) is 2.11. The summed E-state index contributed by atoms with van der Waals surface area (Å²) in [6, 6.07) is 2.23. The lowest BCUT2D eigenvalue weighted by Gasteiger charge is -2.15. The maximum atomic E-state index is 11.4. The molecule has 0 heterocycles. The first-order valence-corrected chi connectivity index (χ1v) is 5.27. The number of halogens is 2. The number of hydrogen-bond acceptors (Lipinski definition) is 3. The Hall–Kier alpha value is -0.970. The monoisotopic (exact) mass is 262 g/mol. The fraction of sp³-hybridized carbons (Fsp3) is 0.300. The molecule has 1 amide bonds. The van der Waals surface area contributed by atoms with Crippen LogP contribution in [0.3, 0.4) is 0 Å². The second-order valence-electron chi connectivity index (χ2n) is 3.10. The number of likely N-dealkylation sites (N-methyl/N-ethyl adjacent to an activating group) is 1. The Kier molecular flexibility index (Phi) is 4.41. The first-order chi connectivity index (χ1) is 7.51. The summed E-state index contributed by atoms with van der Waals surface area (Å²) in [5.41, 5.74) is 6.21. The Morgan fingerprint density at radius 3 is 2.62 bits per heavy atom. The molecule has 1 aromatic carbocycles. The van der Waals surface area contributed by atoms with Gasteiger partial charge in [-0.15, -0.1) is 0 Å².